The highest BCUT2D eigenvalue weighted by atomic mass is 16.4. The average molecular weight is 325 g/mol. The highest BCUT2D eigenvalue weighted by molar-refractivity contribution is 5.73. The molecule has 3 rings (SSSR count). The van der Waals surface area contributed by atoms with Crippen LogP contribution in [0.25, 0.3) is 11.2 Å². The first kappa shape index (κ1) is 15.7. The molecule has 0 aliphatic rings. The van der Waals surface area contributed by atoms with Gasteiger partial charge in [-0.2, -0.15) is 0 Å². The Labute approximate surface area is 136 Å². The lowest BCUT2D eigenvalue weighted by atomic mass is 10.1. The normalized spacial score (nSPS) is 10.8. The Bertz CT molecular complexity index is 948. The minimum absolute atomic E-state index is 0.178. The van der Waals surface area contributed by atoms with Gasteiger partial charge < -0.3 is 10.2 Å². The minimum atomic E-state index is -1.11. The third kappa shape index (κ3) is 3.24. The quantitative estimate of drug-likeness (QED) is 0.734. The number of rotatable bonds is 5. The number of aryl methyl sites for hydroxylation is 2. The van der Waals surface area contributed by atoms with Gasteiger partial charge in [0.25, 0.3) is 5.56 Å². The van der Waals surface area contributed by atoms with E-state index in [2.05, 4.69) is 9.97 Å². The molecule has 1 aromatic carbocycles. The number of hydrogen-bond acceptors (Lipinski definition) is 5. The van der Waals surface area contributed by atoms with Crippen molar-refractivity contribution in [2.45, 2.75) is 19.4 Å². The number of fused-ring (bicyclic) bond motifs is 1. The van der Waals surface area contributed by atoms with Crippen LogP contribution >= 0.6 is 0 Å². The zero-order valence-electron chi connectivity index (χ0n) is 12.7. The fraction of sp³-hybridized carbons (Fsp3) is 0.176. The summed E-state index contributed by atoms with van der Waals surface area (Å²) in [6.45, 7) is -0.457. The summed E-state index contributed by atoms with van der Waals surface area (Å²) >= 11 is 0. The SMILES string of the molecule is O=C(O)Cn1c(=O)c(CCc2ccc(O)cc2)nc2cccnc21. The third-order valence-electron chi connectivity index (χ3n) is 3.65. The molecule has 2 N–H and O–H groups in total. The lowest BCUT2D eigenvalue weighted by Crippen LogP contribution is -2.29. The van der Waals surface area contributed by atoms with Crippen LogP contribution in [0.5, 0.6) is 5.75 Å². The van der Waals surface area contributed by atoms with Crippen LogP contribution in [-0.2, 0) is 24.2 Å². The third-order valence-corrected chi connectivity index (χ3v) is 3.65. The predicted octanol–water partition coefficient (Wildman–Crippen LogP) is 1.37. The topological polar surface area (TPSA) is 105 Å². The first-order chi connectivity index (χ1) is 11.5. The van der Waals surface area contributed by atoms with Crippen molar-refractivity contribution < 1.29 is 15.0 Å². The van der Waals surface area contributed by atoms with E-state index in [9.17, 15) is 14.7 Å². The second kappa shape index (κ2) is 6.49. The number of pyridine rings is 1. The standard InChI is InChI=1S/C17H15N3O4/c21-12-6-3-11(4-7-12)5-8-14-17(24)20(10-15(22)23)16-13(19-14)2-1-9-18-16/h1-4,6-7,9,21H,5,8,10H2,(H,22,23). The molecule has 0 unspecified atom stereocenters. The number of carboxylic acid groups (broad SMARTS) is 1. The first-order valence-electron chi connectivity index (χ1n) is 7.39. The van der Waals surface area contributed by atoms with E-state index in [-0.39, 0.29) is 11.4 Å². The van der Waals surface area contributed by atoms with Crippen molar-refractivity contribution in [3.05, 3.63) is 64.2 Å². The molecule has 0 amide bonds. The van der Waals surface area contributed by atoms with Crippen molar-refractivity contribution in [3.8, 4) is 5.75 Å². The largest absolute Gasteiger partial charge is 0.508 e. The molecule has 0 radical (unpaired) electrons. The monoisotopic (exact) mass is 325 g/mol. The van der Waals surface area contributed by atoms with Crippen LogP contribution < -0.4 is 5.56 Å². The van der Waals surface area contributed by atoms with Gasteiger partial charge in [-0.3, -0.25) is 14.2 Å². The Balaban J connectivity index is 1.98. The number of phenolic OH excluding ortho intramolecular Hbond substituents is 1. The Morgan fingerprint density at radius 2 is 1.88 bits per heavy atom. The molecule has 24 heavy (non-hydrogen) atoms. The van der Waals surface area contributed by atoms with Gasteiger partial charge in [0.2, 0.25) is 0 Å². The van der Waals surface area contributed by atoms with Gasteiger partial charge in [0.1, 0.15) is 23.5 Å². The molecule has 0 saturated heterocycles. The molecule has 0 spiro atoms. The number of phenols is 1. The highest BCUT2D eigenvalue weighted by Crippen LogP contribution is 2.12. The summed E-state index contributed by atoms with van der Waals surface area (Å²) in [5.74, 6) is -0.933. The highest BCUT2D eigenvalue weighted by Gasteiger charge is 2.14. The van der Waals surface area contributed by atoms with E-state index < -0.39 is 18.1 Å². The number of aliphatic carboxylic acids is 1. The predicted molar refractivity (Wildman–Crippen MR) is 86.9 cm³/mol. The molecule has 0 bridgehead atoms. The molecule has 7 heteroatoms. The maximum atomic E-state index is 12.6. The van der Waals surface area contributed by atoms with Crippen molar-refractivity contribution >= 4 is 17.1 Å². The van der Waals surface area contributed by atoms with E-state index in [1.165, 1.54) is 6.20 Å². The fourth-order valence-electron chi connectivity index (χ4n) is 2.50. The number of nitrogens with zero attached hydrogens (tertiary/aromatic N) is 3. The van der Waals surface area contributed by atoms with Crippen molar-refractivity contribution in [1.82, 2.24) is 14.5 Å². The lowest BCUT2D eigenvalue weighted by Gasteiger charge is -2.09. The zero-order chi connectivity index (χ0) is 17.1. The maximum Gasteiger partial charge on any atom is 0.323 e. The van der Waals surface area contributed by atoms with Crippen molar-refractivity contribution in [3.63, 3.8) is 0 Å². The van der Waals surface area contributed by atoms with E-state index in [0.717, 1.165) is 10.1 Å². The van der Waals surface area contributed by atoms with E-state index >= 15 is 0 Å². The average Bonchev–Trinajstić information content (AvgIpc) is 2.57. The maximum absolute atomic E-state index is 12.6. The van der Waals surface area contributed by atoms with E-state index in [1.54, 1.807) is 36.4 Å². The molecule has 0 aliphatic heterocycles. The van der Waals surface area contributed by atoms with Crippen molar-refractivity contribution in [1.29, 1.82) is 0 Å². The van der Waals surface area contributed by atoms with Gasteiger partial charge >= 0.3 is 5.97 Å². The summed E-state index contributed by atoms with van der Waals surface area (Å²) in [7, 11) is 0. The number of aromatic hydroxyl groups is 1. The molecule has 122 valence electrons. The van der Waals surface area contributed by atoms with Gasteiger partial charge in [-0.25, -0.2) is 9.97 Å². The van der Waals surface area contributed by atoms with Crippen molar-refractivity contribution in [2.75, 3.05) is 0 Å². The second-order valence-corrected chi connectivity index (χ2v) is 5.36. The Morgan fingerprint density at radius 1 is 1.12 bits per heavy atom. The minimum Gasteiger partial charge on any atom is -0.508 e. The summed E-state index contributed by atoms with van der Waals surface area (Å²) < 4.78 is 1.14. The van der Waals surface area contributed by atoms with Gasteiger partial charge in [0.15, 0.2) is 5.65 Å². The van der Waals surface area contributed by atoms with E-state index in [0.29, 0.717) is 24.1 Å². The summed E-state index contributed by atoms with van der Waals surface area (Å²) in [5.41, 5.74) is 1.55. The molecule has 0 fully saturated rings. The zero-order valence-corrected chi connectivity index (χ0v) is 12.7. The summed E-state index contributed by atoms with van der Waals surface area (Å²) in [6, 6.07) is 10.1. The molecular weight excluding hydrogens is 310 g/mol. The Morgan fingerprint density at radius 3 is 2.58 bits per heavy atom. The molecule has 0 aliphatic carbocycles. The van der Waals surface area contributed by atoms with Gasteiger partial charge in [0.05, 0.1) is 0 Å². The molecular formula is C17H15N3O4. The smallest absolute Gasteiger partial charge is 0.323 e. The summed E-state index contributed by atoms with van der Waals surface area (Å²) in [6.07, 6.45) is 2.42. The second-order valence-electron chi connectivity index (χ2n) is 5.36. The lowest BCUT2D eigenvalue weighted by molar-refractivity contribution is -0.137. The van der Waals surface area contributed by atoms with Crippen LogP contribution in [0.4, 0.5) is 0 Å². The van der Waals surface area contributed by atoms with Gasteiger partial charge in [-0.15, -0.1) is 0 Å². The van der Waals surface area contributed by atoms with Gasteiger partial charge in [-0.05, 0) is 42.7 Å². The Kier molecular flexibility index (Phi) is 4.24. The molecule has 3 aromatic rings. The number of carbonyl (C=O) groups is 1. The van der Waals surface area contributed by atoms with Crippen LogP contribution in [0.15, 0.2) is 47.4 Å². The number of hydrogen-bond donors (Lipinski definition) is 2. The molecule has 2 heterocycles. The molecule has 0 saturated carbocycles. The fourth-order valence-corrected chi connectivity index (χ4v) is 2.50. The number of carboxylic acids is 1. The molecule has 7 nitrogen and oxygen atoms in total. The number of aromatic nitrogens is 3. The van der Waals surface area contributed by atoms with Gasteiger partial charge in [-0.1, -0.05) is 12.1 Å². The first-order valence-corrected chi connectivity index (χ1v) is 7.39. The van der Waals surface area contributed by atoms with Crippen LogP contribution in [0.2, 0.25) is 0 Å². The van der Waals surface area contributed by atoms with Crippen LogP contribution in [0.1, 0.15) is 11.3 Å². The molecule has 2 aromatic heterocycles. The van der Waals surface area contributed by atoms with E-state index in [1.807, 2.05) is 0 Å². The molecule has 0 atom stereocenters. The van der Waals surface area contributed by atoms with E-state index in [4.69, 9.17) is 5.11 Å². The van der Waals surface area contributed by atoms with Crippen molar-refractivity contribution in [2.24, 2.45) is 0 Å². The summed E-state index contributed by atoms with van der Waals surface area (Å²) in [4.78, 5) is 32.0. The van der Waals surface area contributed by atoms with Crippen LogP contribution in [0, 0.1) is 0 Å². The van der Waals surface area contributed by atoms with Crippen LogP contribution in [-0.4, -0.2) is 30.7 Å². The Hall–Kier alpha value is -3.22. The van der Waals surface area contributed by atoms with Gasteiger partial charge in [0, 0.05) is 6.20 Å². The van der Waals surface area contributed by atoms with Crippen LogP contribution in [0.3, 0.4) is 0 Å². The number of benzene rings is 1. The summed E-state index contributed by atoms with van der Waals surface area (Å²) in [5, 5.41) is 18.3.